The van der Waals surface area contributed by atoms with E-state index >= 15 is 0 Å². The first kappa shape index (κ1) is 22.0. The fourth-order valence-electron chi connectivity index (χ4n) is 3.21. The van der Waals surface area contributed by atoms with Gasteiger partial charge in [-0.2, -0.15) is 0 Å². The first-order valence-electron chi connectivity index (χ1n) is 9.75. The highest BCUT2D eigenvalue weighted by Crippen LogP contribution is 2.31. The van der Waals surface area contributed by atoms with Gasteiger partial charge in [0.05, 0.1) is 46.4 Å². The molecule has 1 aromatic heterocycles. The number of nitrogens with zero attached hydrogens (tertiary/aromatic N) is 3. The third kappa shape index (κ3) is 4.98. The van der Waals surface area contributed by atoms with Gasteiger partial charge < -0.3 is 15.0 Å². The molecule has 11 heteroatoms. The van der Waals surface area contributed by atoms with Crippen LogP contribution in [0.3, 0.4) is 0 Å². The maximum absolute atomic E-state index is 13.0. The Morgan fingerprint density at radius 2 is 1.84 bits per heavy atom. The van der Waals surface area contributed by atoms with Crippen LogP contribution in [-0.2, 0) is 14.8 Å². The van der Waals surface area contributed by atoms with Crippen molar-refractivity contribution in [3.05, 3.63) is 71.8 Å². The van der Waals surface area contributed by atoms with Gasteiger partial charge in [0.2, 0.25) is 0 Å². The van der Waals surface area contributed by atoms with Crippen molar-refractivity contribution in [2.45, 2.75) is 4.90 Å². The Kier molecular flexibility index (Phi) is 6.54. The van der Waals surface area contributed by atoms with Gasteiger partial charge in [-0.05, 0) is 30.3 Å². The van der Waals surface area contributed by atoms with Crippen molar-refractivity contribution >= 4 is 44.6 Å². The number of halogens is 1. The van der Waals surface area contributed by atoms with Crippen LogP contribution in [0.25, 0.3) is 0 Å². The van der Waals surface area contributed by atoms with E-state index in [4.69, 9.17) is 16.3 Å². The maximum atomic E-state index is 13.0. The topological polar surface area (TPSA) is 114 Å². The number of rotatable bonds is 6. The fraction of sp³-hybridized carbons (Fsp3) is 0.190. The lowest BCUT2D eigenvalue weighted by atomic mass is 10.2. The van der Waals surface area contributed by atoms with Crippen molar-refractivity contribution in [2.75, 3.05) is 41.2 Å². The largest absolute Gasteiger partial charge is 0.378 e. The number of aromatic nitrogens is 2. The number of amides is 1. The van der Waals surface area contributed by atoms with Crippen molar-refractivity contribution in [2.24, 2.45) is 0 Å². The van der Waals surface area contributed by atoms with Crippen molar-refractivity contribution in [3.8, 4) is 0 Å². The zero-order valence-electron chi connectivity index (χ0n) is 16.9. The van der Waals surface area contributed by atoms with Crippen LogP contribution in [0.5, 0.6) is 0 Å². The fourth-order valence-corrected chi connectivity index (χ4v) is 4.56. The molecule has 3 aromatic rings. The van der Waals surface area contributed by atoms with Crippen LogP contribution < -0.4 is 14.9 Å². The summed E-state index contributed by atoms with van der Waals surface area (Å²) in [6, 6.07) is 11.1. The number of hydrogen-bond donors (Lipinski definition) is 2. The van der Waals surface area contributed by atoms with Crippen LogP contribution in [0.1, 0.15) is 10.5 Å². The monoisotopic (exact) mass is 473 g/mol. The number of carbonyl (C=O) groups excluding carboxylic acids is 1. The predicted octanol–water partition coefficient (Wildman–Crippen LogP) is 3.02. The molecule has 0 spiro atoms. The number of carbonyl (C=O) groups is 1. The summed E-state index contributed by atoms with van der Waals surface area (Å²) in [5.41, 5.74) is 1.39. The summed E-state index contributed by atoms with van der Waals surface area (Å²) >= 11 is 6.10. The van der Waals surface area contributed by atoms with Gasteiger partial charge in [0.1, 0.15) is 5.69 Å². The predicted molar refractivity (Wildman–Crippen MR) is 122 cm³/mol. The third-order valence-corrected chi connectivity index (χ3v) is 6.49. The highest BCUT2D eigenvalue weighted by Gasteiger charge is 2.22. The second-order valence-electron chi connectivity index (χ2n) is 6.91. The van der Waals surface area contributed by atoms with Crippen molar-refractivity contribution in [1.82, 2.24) is 9.97 Å². The lowest BCUT2D eigenvalue weighted by Crippen LogP contribution is -2.36. The lowest BCUT2D eigenvalue weighted by molar-refractivity contribution is 0.102. The van der Waals surface area contributed by atoms with Crippen LogP contribution in [0.2, 0.25) is 5.02 Å². The first-order chi connectivity index (χ1) is 15.4. The quantitative estimate of drug-likeness (QED) is 0.565. The van der Waals surface area contributed by atoms with Gasteiger partial charge in [-0.3, -0.25) is 14.5 Å². The average Bonchev–Trinajstić information content (AvgIpc) is 2.81. The molecule has 0 bridgehead atoms. The molecule has 2 aromatic carbocycles. The molecular formula is C21H20ClN5O4S. The molecule has 1 aliphatic rings. The Bertz CT molecular complexity index is 1220. The van der Waals surface area contributed by atoms with Crippen molar-refractivity contribution < 1.29 is 17.9 Å². The number of sulfonamides is 1. The molecular weight excluding hydrogens is 454 g/mol. The molecule has 1 amide bonds. The van der Waals surface area contributed by atoms with E-state index in [-0.39, 0.29) is 21.3 Å². The Balaban J connectivity index is 1.69. The van der Waals surface area contributed by atoms with E-state index in [0.717, 1.165) is 0 Å². The number of hydrogen-bond acceptors (Lipinski definition) is 7. The molecule has 0 atom stereocenters. The van der Waals surface area contributed by atoms with E-state index in [9.17, 15) is 13.2 Å². The van der Waals surface area contributed by atoms with E-state index in [2.05, 4.69) is 20.0 Å². The van der Waals surface area contributed by atoms with Crippen LogP contribution in [0.4, 0.5) is 17.1 Å². The third-order valence-electron chi connectivity index (χ3n) is 4.79. The van der Waals surface area contributed by atoms with Crippen LogP contribution >= 0.6 is 11.6 Å². The van der Waals surface area contributed by atoms with E-state index in [1.807, 2.05) is 4.90 Å². The summed E-state index contributed by atoms with van der Waals surface area (Å²) in [6.45, 7) is 2.29. The summed E-state index contributed by atoms with van der Waals surface area (Å²) in [4.78, 5) is 22.6. The standard InChI is InChI=1S/C21H20ClN5O4S/c22-16-3-1-2-4-17(16)26-32(29,30)15-5-6-20(27-9-11-31-12-10-27)18(13-15)25-21(28)19-14-23-7-8-24-19/h1-8,13-14,26H,9-12H2,(H,25,28). The minimum absolute atomic E-state index is 0.0242. The minimum atomic E-state index is -3.96. The molecule has 2 heterocycles. The van der Waals surface area contributed by atoms with Gasteiger partial charge in [0.15, 0.2) is 0 Å². The van der Waals surface area contributed by atoms with Gasteiger partial charge in [-0.1, -0.05) is 23.7 Å². The zero-order chi connectivity index (χ0) is 22.6. The van der Waals surface area contributed by atoms with Crippen molar-refractivity contribution in [1.29, 1.82) is 0 Å². The number of para-hydroxylation sites is 1. The van der Waals surface area contributed by atoms with Gasteiger partial charge in [0, 0.05) is 25.5 Å². The van der Waals surface area contributed by atoms with Gasteiger partial charge >= 0.3 is 0 Å². The van der Waals surface area contributed by atoms with Crippen LogP contribution in [0.15, 0.2) is 66.0 Å². The Morgan fingerprint density at radius 3 is 2.56 bits per heavy atom. The van der Waals surface area contributed by atoms with E-state index < -0.39 is 15.9 Å². The number of anilines is 3. The second-order valence-corrected chi connectivity index (χ2v) is 9.00. The second kappa shape index (κ2) is 9.51. The number of morpholine rings is 1. The minimum Gasteiger partial charge on any atom is -0.378 e. The Labute approximate surface area is 190 Å². The summed E-state index contributed by atoms with van der Waals surface area (Å²) in [7, 11) is -3.96. The molecule has 2 N–H and O–H groups in total. The normalized spacial score (nSPS) is 14.1. The summed E-state index contributed by atoms with van der Waals surface area (Å²) in [6.07, 6.45) is 4.21. The van der Waals surface area contributed by atoms with Crippen LogP contribution in [-0.4, -0.2) is 50.6 Å². The van der Waals surface area contributed by atoms with Gasteiger partial charge in [-0.25, -0.2) is 13.4 Å². The molecule has 0 aliphatic carbocycles. The zero-order valence-corrected chi connectivity index (χ0v) is 18.4. The first-order valence-corrected chi connectivity index (χ1v) is 11.6. The van der Waals surface area contributed by atoms with Gasteiger partial charge in [-0.15, -0.1) is 0 Å². The highest BCUT2D eigenvalue weighted by atomic mass is 35.5. The number of benzene rings is 2. The molecule has 32 heavy (non-hydrogen) atoms. The van der Waals surface area contributed by atoms with E-state index in [0.29, 0.717) is 37.7 Å². The molecule has 0 saturated carbocycles. The lowest BCUT2D eigenvalue weighted by Gasteiger charge is -2.30. The van der Waals surface area contributed by atoms with E-state index in [1.54, 1.807) is 30.3 Å². The summed E-state index contributed by atoms with van der Waals surface area (Å²) in [5.74, 6) is -0.499. The van der Waals surface area contributed by atoms with E-state index in [1.165, 1.54) is 30.7 Å². The Morgan fingerprint density at radius 1 is 1.06 bits per heavy atom. The SMILES string of the molecule is O=C(Nc1cc(S(=O)(=O)Nc2ccccc2Cl)ccc1N1CCOCC1)c1cnccn1. The molecule has 1 fully saturated rings. The molecule has 1 aliphatic heterocycles. The maximum Gasteiger partial charge on any atom is 0.275 e. The number of nitrogens with one attached hydrogen (secondary N) is 2. The molecule has 9 nitrogen and oxygen atoms in total. The smallest absolute Gasteiger partial charge is 0.275 e. The van der Waals surface area contributed by atoms with Gasteiger partial charge in [0.25, 0.3) is 15.9 Å². The molecule has 166 valence electrons. The molecule has 0 unspecified atom stereocenters. The van der Waals surface area contributed by atoms with Crippen LogP contribution in [0, 0.1) is 0 Å². The average molecular weight is 474 g/mol. The Hall–Kier alpha value is -3.21. The molecule has 1 saturated heterocycles. The summed E-state index contributed by atoms with van der Waals surface area (Å²) in [5, 5.41) is 3.04. The number of ether oxygens (including phenoxy) is 1. The molecule has 4 rings (SSSR count). The molecule has 0 radical (unpaired) electrons. The summed E-state index contributed by atoms with van der Waals surface area (Å²) < 4.78 is 33.9. The van der Waals surface area contributed by atoms with Crippen molar-refractivity contribution in [3.63, 3.8) is 0 Å². The highest BCUT2D eigenvalue weighted by molar-refractivity contribution is 7.92.